The van der Waals surface area contributed by atoms with E-state index in [0.29, 0.717) is 23.6 Å². The Morgan fingerprint density at radius 1 is 1.63 bits per heavy atom. The van der Waals surface area contributed by atoms with Gasteiger partial charge in [-0.2, -0.15) is 5.26 Å². The van der Waals surface area contributed by atoms with E-state index in [0.717, 1.165) is 9.77 Å². The number of aromatic nitrogens is 1. The lowest BCUT2D eigenvalue weighted by atomic mass is 10.1. The summed E-state index contributed by atoms with van der Waals surface area (Å²) >= 11 is 9.12. The number of nitrogens with zero attached hydrogens (tertiary/aromatic N) is 3. The normalized spacial score (nSPS) is 19.6. The van der Waals surface area contributed by atoms with E-state index in [9.17, 15) is 15.2 Å². The quantitative estimate of drug-likeness (QED) is 0.680. The summed E-state index contributed by atoms with van der Waals surface area (Å²) in [5, 5.41) is 19.5. The van der Waals surface area contributed by atoms with Gasteiger partial charge in [-0.15, -0.1) is 23.1 Å². The number of ether oxygens (including phenoxy) is 1. The fourth-order valence-electron chi connectivity index (χ4n) is 3.14. The highest BCUT2D eigenvalue weighted by molar-refractivity contribution is 7.99. The Bertz CT molecular complexity index is 867. The van der Waals surface area contributed by atoms with E-state index in [2.05, 4.69) is 11.1 Å². The van der Waals surface area contributed by atoms with Gasteiger partial charge in [-0.1, -0.05) is 11.6 Å². The minimum Gasteiger partial charge on any atom is -0.465 e. The molecule has 2 aromatic rings. The molecule has 0 bridgehead atoms. The van der Waals surface area contributed by atoms with Gasteiger partial charge >= 0.3 is 6.09 Å². The summed E-state index contributed by atoms with van der Waals surface area (Å²) in [7, 11) is 0. The van der Waals surface area contributed by atoms with Crippen molar-refractivity contribution in [1.29, 1.82) is 5.26 Å². The van der Waals surface area contributed by atoms with Gasteiger partial charge in [0.2, 0.25) is 0 Å². The topological polar surface area (TPSA) is 86.5 Å². The van der Waals surface area contributed by atoms with Crippen LogP contribution in [-0.4, -0.2) is 39.5 Å². The van der Waals surface area contributed by atoms with Crippen LogP contribution in [-0.2, 0) is 4.74 Å². The van der Waals surface area contributed by atoms with E-state index in [1.165, 1.54) is 28.0 Å². The van der Waals surface area contributed by atoms with Gasteiger partial charge in [0.25, 0.3) is 0 Å². The number of thiazole rings is 1. The summed E-state index contributed by atoms with van der Waals surface area (Å²) in [4.78, 5) is 19.1. The van der Waals surface area contributed by atoms with Crippen LogP contribution in [0, 0.1) is 11.3 Å². The molecular weight excluding hydrogens is 406 g/mol. The molecule has 6 nitrogen and oxygen atoms in total. The first-order chi connectivity index (χ1) is 12.8. The van der Waals surface area contributed by atoms with Crippen molar-refractivity contribution in [3.63, 3.8) is 0 Å². The van der Waals surface area contributed by atoms with Crippen LogP contribution in [0.3, 0.4) is 0 Å². The Labute approximate surface area is 170 Å². The number of halogens is 1. The second kappa shape index (κ2) is 8.07. The summed E-state index contributed by atoms with van der Waals surface area (Å²) in [5.41, 5.74) is 1.42. The van der Waals surface area contributed by atoms with Crippen molar-refractivity contribution in [1.82, 2.24) is 9.88 Å². The average Bonchev–Trinajstić information content (AvgIpc) is 3.22. The molecule has 3 rings (SSSR count). The number of thioether (sulfide) groups is 1. The van der Waals surface area contributed by atoms with E-state index >= 15 is 0 Å². The molecule has 1 N–H and O–H groups in total. The predicted octanol–water partition coefficient (Wildman–Crippen LogP) is 5.01. The van der Waals surface area contributed by atoms with Gasteiger partial charge in [0, 0.05) is 26.2 Å². The van der Waals surface area contributed by atoms with Crippen LogP contribution in [0.1, 0.15) is 36.0 Å². The first-order valence-electron chi connectivity index (χ1n) is 8.22. The summed E-state index contributed by atoms with van der Waals surface area (Å²) < 4.78 is 5.71. The lowest BCUT2D eigenvalue weighted by Crippen LogP contribution is -2.47. The monoisotopic (exact) mass is 423 g/mol. The summed E-state index contributed by atoms with van der Waals surface area (Å²) in [5.74, 6) is 0. The lowest BCUT2D eigenvalue weighted by Gasteiger charge is -2.32. The van der Waals surface area contributed by atoms with Crippen molar-refractivity contribution < 1.29 is 14.6 Å². The van der Waals surface area contributed by atoms with Gasteiger partial charge in [0.1, 0.15) is 11.8 Å². The van der Waals surface area contributed by atoms with Gasteiger partial charge in [-0.3, -0.25) is 9.88 Å². The van der Waals surface area contributed by atoms with E-state index in [4.69, 9.17) is 16.3 Å². The number of rotatable bonds is 5. The Morgan fingerprint density at radius 3 is 3.04 bits per heavy atom. The van der Waals surface area contributed by atoms with Crippen molar-refractivity contribution in [2.45, 2.75) is 42.2 Å². The molecule has 1 aliphatic rings. The lowest BCUT2D eigenvalue weighted by molar-refractivity contribution is -0.0421. The standard InChI is InChI=1S/C18H18ClN3O3S2/c1-18(2)22(17(23)24)13(9-25-18)6-15(16-8-21-10-26-16)27-14-5-12(19)4-3-11(14)7-20/h3-5,8,10,13,15H,6,9H2,1-2H3,(H,23,24)/t13-,15+/m0/s1. The summed E-state index contributed by atoms with van der Waals surface area (Å²) in [6.07, 6.45) is 1.32. The molecule has 1 aromatic heterocycles. The second-order valence-electron chi connectivity index (χ2n) is 6.56. The third kappa shape index (κ3) is 4.38. The third-order valence-electron chi connectivity index (χ3n) is 4.37. The van der Waals surface area contributed by atoms with E-state index < -0.39 is 11.8 Å². The summed E-state index contributed by atoms with van der Waals surface area (Å²) in [6.45, 7) is 3.83. The number of nitriles is 1. The fourth-order valence-corrected chi connectivity index (χ4v) is 5.54. The van der Waals surface area contributed by atoms with Gasteiger partial charge in [0.05, 0.1) is 23.7 Å². The SMILES string of the molecule is CC1(C)OC[C@H](C[C@@H](Sc2cc(Cl)ccc2C#N)c2cncs2)N1C(=O)O. The first-order valence-corrected chi connectivity index (χ1v) is 10.4. The van der Waals surface area contributed by atoms with Crippen molar-refractivity contribution in [2.75, 3.05) is 6.61 Å². The number of benzene rings is 1. The maximum Gasteiger partial charge on any atom is 0.409 e. The highest BCUT2D eigenvalue weighted by atomic mass is 35.5. The number of carbonyl (C=O) groups is 1. The van der Waals surface area contributed by atoms with Gasteiger partial charge in [0.15, 0.2) is 0 Å². The number of carboxylic acid groups (broad SMARTS) is 1. The molecule has 0 saturated carbocycles. The Kier molecular flexibility index (Phi) is 5.96. The number of hydrogen-bond donors (Lipinski definition) is 1. The summed E-state index contributed by atoms with van der Waals surface area (Å²) in [6, 6.07) is 7.04. The highest BCUT2D eigenvalue weighted by Crippen LogP contribution is 2.44. The van der Waals surface area contributed by atoms with Crippen LogP contribution in [0.5, 0.6) is 0 Å². The van der Waals surface area contributed by atoms with Crippen molar-refractivity contribution in [3.8, 4) is 6.07 Å². The number of hydrogen-bond acceptors (Lipinski definition) is 6. The molecule has 0 spiro atoms. The van der Waals surface area contributed by atoms with Gasteiger partial charge in [-0.25, -0.2) is 4.79 Å². The van der Waals surface area contributed by atoms with Crippen LogP contribution in [0.2, 0.25) is 5.02 Å². The molecule has 1 aromatic carbocycles. The minimum atomic E-state index is -1.00. The minimum absolute atomic E-state index is 0.0765. The first kappa shape index (κ1) is 20.0. The molecule has 0 radical (unpaired) electrons. The Hall–Kier alpha value is -1.79. The van der Waals surface area contributed by atoms with Gasteiger partial charge < -0.3 is 9.84 Å². The number of amides is 1. The predicted molar refractivity (Wildman–Crippen MR) is 105 cm³/mol. The average molecular weight is 424 g/mol. The second-order valence-corrected chi connectivity index (χ2v) is 9.16. The molecule has 27 heavy (non-hydrogen) atoms. The zero-order chi connectivity index (χ0) is 19.6. The van der Waals surface area contributed by atoms with E-state index in [1.807, 2.05) is 0 Å². The smallest absolute Gasteiger partial charge is 0.409 e. The van der Waals surface area contributed by atoms with Crippen molar-refractivity contribution in [3.05, 3.63) is 45.4 Å². The molecule has 1 saturated heterocycles. The fraction of sp³-hybridized carbons (Fsp3) is 0.389. The zero-order valence-corrected chi connectivity index (χ0v) is 17.1. The molecule has 9 heteroatoms. The molecule has 2 heterocycles. The van der Waals surface area contributed by atoms with E-state index in [-0.39, 0.29) is 11.3 Å². The molecular formula is C18H18ClN3O3S2. The van der Waals surface area contributed by atoms with Crippen molar-refractivity contribution >= 4 is 40.8 Å². The molecule has 2 atom stereocenters. The Balaban J connectivity index is 1.89. The highest BCUT2D eigenvalue weighted by Gasteiger charge is 2.45. The van der Waals surface area contributed by atoms with Gasteiger partial charge in [-0.05, 0) is 38.5 Å². The maximum absolute atomic E-state index is 11.8. The molecule has 1 aliphatic heterocycles. The van der Waals surface area contributed by atoms with Crippen LogP contribution in [0.4, 0.5) is 4.79 Å². The third-order valence-corrected chi connectivity index (χ3v) is 6.96. The molecule has 142 valence electrons. The maximum atomic E-state index is 11.8. The molecule has 1 amide bonds. The van der Waals surface area contributed by atoms with Crippen LogP contribution in [0.15, 0.2) is 34.8 Å². The Morgan fingerprint density at radius 2 is 2.41 bits per heavy atom. The zero-order valence-electron chi connectivity index (χ0n) is 14.8. The van der Waals surface area contributed by atoms with E-state index in [1.54, 1.807) is 43.8 Å². The van der Waals surface area contributed by atoms with Crippen molar-refractivity contribution in [2.24, 2.45) is 0 Å². The molecule has 0 unspecified atom stereocenters. The molecule has 1 fully saturated rings. The van der Waals surface area contributed by atoms with Crippen LogP contribution in [0.25, 0.3) is 0 Å². The van der Waals surface area contributed by atoms with Crippen LogP contribution < -0.4 is 0 Å². The molecule has 0 aliphatic carbocycles. The van der Waals surface area contributed by atoms with Crippen LogP contribution >= 0.6 is 34.7 Å². The largest absolute Gasteiger partial charge is 0.465 e.